The molecule has 0 aliphatic carbocycles. The first-order chi connectivity index (χ1) is 17.3. The summed E-state index contributed by atoms with van der Waals surface area (Å²) in [4.78, 5) is 28.4. The van der Waals surface area contributed by atoms with Crippen molar-refractivity contribution >= 4 is 58.2 Å². The Labute approximate surface area is 231 Å². The molecule has 3 aromatic carbocycles. The van der Waals surface area contributed by atoms with Crippen molar-refractivity contribution in [2.45, 2.75) is 32.4 Å². The second-order valence-electron chi connectivity index (χ2n) is 8.12. The predicted molar refractivity (Wildman–Crippen MR) is 146 cm³/mol. The first-order valence-corrected chi connectivity index (χ1v) is 12.9. The molecule has 9 heteroatoms. The van der Waals surface area contributed by atoms with Gasteiger partial charge in [0, 0.05) is 34.6 Å². The fourth-order valence-corrected chi connectivity index (χ4v) is 4.50. The van der Waals surface area contributed by atoms with Gasteiger partial charge in [0.15, 0.2) is 6.61 Å². The molecule has 0 fully saturated rings. The smallest absolute Gasteiger partial charge is 0.261 e. The summed E-state index contributed by atoms with van der Waals surface area (Å²) in [5, 5.41) is 4.53. The number of halogens is 4. The molecule has 190 valence electrons. The van der Waals surface area contributed by atoms with Gasteiger partial charge in [-0.2, -0.15) is 0 Å². The Balaban J connectivity index is 1.93. The van der Waals surface area contributed by atoms with E-state index < -0.39 is 11.9 Å². The minimum Gasteiger partial charge on any atom is -0.482 e. The van der Waals surface area contributed by atoms with Gasteiger partial charge in [-0.05, 0) is 47.9 Å². The lowest BCUT2D eigenvalue weighted by Crippen LogP contribution is -2.51. The summed E-state index contributed by atoms with van der Waals surface area (Å²) in [6.07, 6.45) is 1.08. The highest BCUT2D eigenvalue weighted by molar-refractivity contribution is 6.35. The third-order valence-electron chi connectivity index (χ3n) is 5.42. The molecule has 1 atom stereocenters. The van der Waals surface area contributed by atoms with Crippen LogP contribution in [0.4, 0.5) is 0 Å². The standard InChI is InChI=1S/C27H26Cl4N2O3/c1-2-12-32-27(35)24(13-18-6-4-3-5-7-18)33(16-19-8-9-20(28)14-22(19)30)26(34)17-36-25-11-10-21(29)15-23(25)31/h3-11,14-15,24H,2,12-13,16-17H2,1H3,(H,32,35)/t24-/m1/s1. The molecule has 3 aromatic rings. The highest BCUT2D eigenvalue weighted by Gasteiger charge is 2.31. The van der Waals surface area contributed by atoms with Crippen LogP contribution >= 0.6 is 46.4 Å². The molecule has 3 rings (SSSR count). The Morgan fingerprint density at radius 3 is 2.22 bits per heavy atom. The number of carbonyl (C=O) groups excluding carboxylic acids is 2. The monoisotopic (exact) mass is 566 g/mol. The van der Waals surface area contributed by atoms with Crippen LogP contribution in [0.5, 0.6) is 5.75 Å². The van der Waals surface area contributed by atoms with Crippen LogP contribution < -0.4 is 10.1 Å². The molecule has 0 bridgehead atoms. The molecule has 0 spiro atoms. The molecule has 0 heterocycles. The van der Waals surface area contributed by atoms with Gasteiger partial charge in [0.25, 0.3) is 5.91 Å². The van der Waals surface area contributed by atoms with Crippen molar-refractivity contribution in [2.75, 3.05) is 13.2 Å². The molecule has 5 nitrogen and oxygen atoms in total. The summed E-state index contributed by atoms with van der Waals surface area (Å²) in [5.41, 5.74) is 1.57. The third-order valence-corrected chi connectivity index (χ3v) is 6.54. The predicted octanol–water partition coefficient (Wildman–Crippen LogP) is 6.85. The van der Waals surface area contributed by atoms with Crippen molar-refractivity contribution in [1.82, 2.24) is 10.2 Å². The molecule has 0 aromatic heterocycles. The van der Waals surface area contributed by atoms with Crippen LogP contribution in [-0.4, -0.2) is 35.9 Å². The van der Waals surface area contributed by atoms with E-state index >= 15 is 0 Å². The highest BCUT2D eigenvalue weighted by atomic mass is 35.5. The zero-order chi connectivity index (χ0) is 26.1. The number of carbonyl (C=O) groups is 2. The van der Waals surface area contributed by atoms with E-state index in [-0.39, 0.29) is 24.1 Å². The number of nitrogens with zero attached hydrogens (tertiary/aromatic N) is 1. The van der Waals surface area contributed by atoms with Crippen LogP contribution in [0.3, 0.4) is 0 Å². The molecule has 2 amide bonds. The van der Waals surface area contributed by atoms with Crippen LogP contribution in [0.15, 0.2) is 66.7 Å². The largest absolute Gasteiger partial charge is 0.482 e. The summed E-state index contributed by atoms with van der Waals surface area (Å²) < 4.78 is 5.72. The Morgan fingerprint density at radius 1 is 0.917 bits per heavy atom. The zero-order valence-electron chi connectivity index (χ0n) is 19.6. The van der Waals surface area contributed by atoms with Crippen LogP contribution in [0.25, 0.3) is 0 Å². The average molecular weight is 568 g/mol. The van der Waals surface area contributed by atoms with Gasteiger partial charge in [-0.15, -0.1) is 0 Å². The van der Waals surface area contributed by atoms with Gasteiger partial charge in [0.05, 0.1) is 5.02 Å². The lowest BCUT2D eigenvalue weighted by Gasteiger charge is -2.31. The molecule has 0 saturated carbocycles. The number of hydrogen-bond acceptors (Lipinski definition) is 3. The SMILES string of the molecule is CCCNC(=O)[C@@H](Cc1ccccc1)N(Cc1ccc(Cl)cc1Cl)C(=O)COc1ccc(Cl)cc1Cl. The van der Waals surface area contributed by atoms with Crippen molar-refractivity contribution in [3.8, 4) is 5.75 Å². The Morgan fingerprint density at radius 2 is 1.58 bits per heavy atom. The molecule has 1 N–H and O–H groups in total. The maximum absolute atomic E-state index is 13.6. The van der Waals surface area contributed by atoms with Crippen LogP contribution in [-0.2, 0) is 22.6 Å². The van der Waals surface area contributed by atoms with Crippen molar-refractivity contribution in [1.29, 1.82) is 0 Å². The number of benzene rings is 3. The average Bonchev–Trinajstić information content (AvgIpc) is 2.85. The van der Waals surface area contributed by atoms with E-state index in [2.05, 4.69) is 5.32 Å². The van der Waals surface area contributed by atoms with E-state index in [9.17, 15) is 9.59 Å². The van der Waals surface area contributed by atoms with Gasteiger partial charge in [0.2, 0.25) is 5.91 Å². The fraction of sp³-hybridized carbons (Fsp3) is 0.259. The fourth-order valence-electron chi connectivity index (χ4n) is 3.57. The lowest BCUT2D eigenvalue weighted by molar-refractivity contribution is -0.142. The van der Waals surface area contributed by atoms with E-state index in [0.29, 0.717) is 39.3 Å². The number of hydrogen-bond donors (Lipinski definition) is 1. The maximum atomic E-state index is 13.6. The van der Waals surface area contributed by atoms with Crippen molar-refractivity contribution in [3.63, 3.8) is 0 Å². The topological polar surface area (TPSA) is 58.6 Å². The molecule has 0 aliphatic rings. The number of rotatable bonds is 11. The Hall–Kier alpha value is -2.44. The first kappa shape index (κ1) is 28.1. The van der Waals surface area contributed by atoms with Gasteiger partial charge in [0.1, 0.15) is 11.8 Å². The minimum atomic E-state index is -0.803. The van der Waals surface area contributed by atoms with Gasteiger partial charge in [-0.3, -0.25) is 9.59 Å². The number of ether oxygens (including phenoxy) is 1. The molecular formula is C27H26Cl4N2O3. The van der Waals surface area contributed by atoms with E-state index in [0.717, 1.165) is 12.0 Å². The summed E-state index contributed by atoms with van der Waals surface area (Å²) in [6, 6.07) is 18.5. The van der Waals surface area contributed by atoms with Crippen molar-refractivity contribution in [2.24, 2.45) is 0 Å². The summed E-state index contributed by atoms with van der Waals surface area (Å²) in [7, 11) is 0. The quantitative estimate of drug-likeness (QED) is 0.276. The molecule has 0 saturated heterocycles. The Kier molecular flexibility index (Phi) is 10.7. The third kappa shape index (κ3) is 8.04. The molecule has 36 heavy (non-hydrogen) atoms. The van der Waals surface area contributed by atoms with E-state index in [1.54, 1.807) is 30.3 Å². The van der Waals surface area contributed by atoms with Gasteiger partial charge in [-0.25, -0.2) is 0 Å². The summed E-state index contributed by atoms with van der Waals surface area (Å²) in [5.74, 6) is -0.350. The van der Waals surface area contributed by atoms with E-state index in [4.69, 9.17) is 51.1 Å². The summed E-state index contributed by atoms with van der Waals surface area (Å²) in [6.45, 7) is 2.21. The molecular weight excluding hydrogens is 542 g/mol. The van der Waals surface area contributed by atoms with Crippen LogP contribution in [0.1, 0.15) is 24.5 Å². The lowest BCUT2D eigenvalue weighted by atomic mass is 10.0. The minimum absolute atomic E-state index is 0.0869. The number of nitrogens with one attached hydrogen (secondary N) is 1. The first-order valence-electron chi connectivity index (χ1n) is 11.4. The van der Waals surface area contributed by atoms with Crippen LogP contribution in [0, 0.1) is 0 Å². The zero-order valence-corrected chi connectivity index (χ0v) is 22.7. The van der Waals surface area contributed by atoms with Crippen molar-refractivity contribution < 1.29 is 14.3 Å². The van der Waals surface area contributed by atoms with Gasteiger partial charge >= 0.3 is 0 Å². The second kappa shape index (κ2) is 13.8. The van der Waals surface area contributed by atoms with Crippen LogP contribution in [0.2, 0.25) is 20.1 Å². The van der Waals surface area contributed by atoms with E-state index in [1.807, 2.05) is 37.3 Å². The summed E-state index contributed by atoms with van der Waals surface area (Å²) >= 11 is 24.7. The second-order valence-corrected chi connectivity index (χ2v) is 9.80. The molecule has 0 radical (unpaired) electrons. The van der Waals surface area contributed by atoms with Gasteiger partial charge < -0.3 is 15.0 Å². The number of amides is 2. The van der Waals surface area contributed by atoms with E-state index in [1.165, 1.54) is 11.0 Å². The molecule has 0 unspecified atom stereocenters. The maximum Gasteiger partial charge on any atom is 0.261 e. The highest BCUT2D eigenvalue weighted by Crippen LogP contribution is 2.28. The Bertz CT molecular complexity index is 1190. The van der Waals surface area contributed by atoms with Gasteiger partial charge in [-0.1, -0.05) is 89.7 Å². The normalized spacial score (nSPS) is 11.6. The molecule has 0 aliphatic heterocycles. The van der Waals surface area contributed by atoms with Crippen molar-refractivity contribution in [3.05, 3.63) is 97.9 Å².